The summed E-state index contributed by atoms with van der Waals surface area (Å²) in [5, 5.41) is 11.1. The first-order valence-corrected chi connectivity index (χ1v) is 10.8. The van der Waals surface area contributed by atoms with Crippen LogP contribution in [0.5, 0.6) is 5.75 Å². The Morgan fingerprint density at radius 2 is 1.65 bits per heavy atom. The number of aliphatic hydroxyl groups is 1. The second kappa shape index (κ2) is 8.98. The number of ketones is 1. The van der Waals surface area contributed by atoms with Gasteiger partial charge in [0.2, 0.25) is 0 Å². The lowest BCUT2D eigenvalue weighted by molar-refractivity contribution is -0.137. The molecule has 174 valence electrons. The van der Waals surface area contributed by atoms with Crippen LogP contribution in [0.2, 0.25) is 0 Å². The number of carbonyl (C=O) groups is 2. The van der Waals surface area contributed by atoms with E-state index in [1.54, 1.807) is 36.4 Å². The minimum atomic E-state index is -4.64. The first-order valence-electron chi connectivity index (χ1n) is 10.00. The van der Waals surface area contributed by atoms with Gasteiger partial charge >= 0.3 is 6.18 Å². The number of anilines is 1. The Labute approximate surface area is 201 Å². The molecular weight excluding hydrogens is 515 g/mol. The molecule has 1 aliphatic heterocycles. The van der Waals surface area contributed by atoms with Crippen LogP contribution in [0.15, 0.2) is 82.8 Å². The number of benzene rings is 3. The molecule has 0 aliphatic carbocycles. The lowest BCUT2D eigenvalue weighted by atomic mass is 9.95. The predicted molar refractivity (Wildman–Crippen MR) is 123 cm³/mol. The highest BCUT2D eigenvalue weighted by Crippen LogP contribution is 2.43. The Morgan fingerprint density at radius 1 is 1.00 bits per heavy atom. The molecule has 0 saturated carbocycles. The molecule has 4 rings (SSSR count). The van der Waals surface area contributed by atoms with Gasteiger partial charge in [-0.2, -0.15) is 13.2 Å². The average molecular weight is 532 g/mol. The molecular formula is C25H17BrF3NO4. The van der Waals surface area contributed by atoms with E-state index in [-0.39, 0.29) is 16.8 Å². The van der Waals surface area contributed by atoms with E-state index in [1.807, 2.05) is 0 Å². The minimum Gasteiger partial charge on any atom is -0.507 e. The van der Waals surface area contributed by atoms with Crippen molar-refractivity contribution < 1.29 is 32.6 Å². The van der Waals surface area contributed by atoms with Crippen LogP contribution in [0.3, 0.4) is 0 Å². The lowest BCUT2D eigenvalue weighted by Gasteiger charge is -2.26. The van der Waals surface area contributed by atoms with Crippen molar-refractivity contribution >= 4 is 39.1 Å². The highest BCUT2D eigenvalue weighted by molar-refractivity contribution is 9.10. The fraction of sp³-hybridized carbons (Fsp3) is 0.120. The van der Waals surface area contributed by atoms with Gasteiger partial charge in [-0.05, 0) is 60.2 Å². The van der Waals surface area contributed by atoms with Gasteiger partial charge in [0.25, 0.3) is 11.7 Å². The number of aliphatic hydroxyl groups excluding tert-OH is 1. The van der Waals surface area contributed by atoms with E-state index < -0.39 is 35.2 Å². The van der Waals surface area contributed by atoms with Gasteiger partial charge in [-0.15, -0.1) is 0 Å². The largest absolute Gasteiger partial charge is 0.507 e. The molecule has 0 radical (unpaired) electrons. The summed E-state index contributed by atoms with van der Waals surface area (Å²) < 4.78 is 45.9. The summed E-state index contributed by atoms with van der Waals surface area (Å²) in [4.78, 5) is 27.2. The predicted octanol–water partition coefficient (Wildman–Crippen LogP) is 6.10. The number of amides is 1. The number of hydrogen-bond donors (Lipinski definition) is 1. The number of methoxy groups -OCH3 is 1. The van der Waals surface area contributed by atoms with E-state index in [9.17, 15) is 27.9 Å². The zero-order valence-corrected chi connectivity index (χ0v) is 19.2. The molecule has 1 amide bonds. The molecule has 1 fully saturated rings. The third-order valence-electron chi connectivity index (χ3n) is 5.45. The Kier molecular flexibility index (Phi) is 6.22. The number of alkyl halides is 3. The topological polar surface area (TPSA) is 66.8 Å². The Hall–Kier alpha value is -3.59. The van der Waals surface area contributed by atoms with E-state index in [1.165, 1.54) is 31.4 Å². The van der Waals surface area contributed by atoms with E-state index in [2.05, 4.69) is 15.9 Å². The van der Waals surface area contributed by atoms with Crippen molar-refractivity contribution in [3.63, 3.8) is 0 Å². The van der Waals surface area contributed by atoms with Gasteiger partial charge in [-0.3, -0.25) is 14.5 Å². The second-order valence-corrected chi connectivity index (χ2v) is 8.41. The van der Waals surface area contributed by atoms with Crippen LogP contribution in [-0.2, 0) is 15.8 Å². The van der Waals surface area contributed by atoms with Crippen LogP contribution in [0.1, 0.15) is 22.7 Å². The van der Waals surface area contributed by atoms with Gasteiger partial charge in [0.05, 0.1) is 24.3 Å². The number of rotatable bonds is 4. The van der Waals surface area contributed by atoms with Crippen molar-refractivity contribution in [2.45, 2.75) is 12.2 Å². The zero-order valence-electron chi connectivity index (χ0n) is 17.6. The third kappa shape index (κ3) is 4.31. The highest BCUT2D eigenvalue weighted by atomic mass is 79.9. The Balaban J connectivity index is 1.92. The molecule has 3 aromatic rings. The van der Waals surface area contributed by atoms with Gasteiger partial charge < -0.3 is 9.84 Å². The monoisotopic (exact) mass is 531 g/mol. The summed E-state index contributed by atoms with van der Waals surface area (Å²) >= 11 is 3.32. The maximum atomic E-state index is 13.3. The smallest absolute Gasteiger partial charge is 0.416 e. The van der Waals surface area contributed by atoms with Gasteiger partial charge in [0, 0.05) is 15.7 Å². The van der Waals surface area contributed by atoms with Gasteiger partial charge in [0.15, 0.2) is 0 Å². The molecule has 34 heavy (non-hydrogen) atoms. The normalized spacial score (nSPS) is 17.8. The van der Waals surface area contributed by atoms with E-state index in [4.69, 9.17) is 4.74 Å². The van der Waals surface area contributed by atoms with Crippen molar-refractivity contribution in [2.75, 3.05) is 12.0 Å². The van der Waals surface area contributed by atoms with Crippen LogP contribution in [0, 0.1) is 0 Å². The SMILES string of the molecule is COc1ccc(/C(O)=C2\C(=O)C(=O)N(c3cccc(C(F)(F)F)c3)[C@H]2c2ccc(Br)cc2)cc1. The average Bonchev–Trinajstić information content (AvgIpc) is 3.09. The van der Waals surface area contributed by atoms with E-state index in [0.29, 0.717) is 11.3 Å². The fourth-order valence-corrected chi connectivity index (χ4v) is 4.06. The molecule has 0 bridgehead atoms. The molecule has 5 nitrogen and oxygen atoms in total. The summed E-state index contributed by atoms with van der Waals surface area (Å²) in [6, 6.07) is 15.8. The zero-order chi connectivity index (χ0) is 24.6. The Morgan fingerprint density at radius 3 is 2.24 bits per heavy atom. The Bertz CT molecular complexity index is 1280. The van der Waals surface area contributed by atoms with Gasteiger partial charge in [0.1, 0.15) is 11.5 Å². The first kappa shape index (κ1) is 23.6. The molecule has 1 heterocycles. The van der Waals surface area contributed by atoms with Crippen molar-refractivity contribution in [2.24, 2.45) is 0 Å². The fourth-order valence-electron chi connectivity index (χ4n) is 3.80. The van der Waals surface area contributed by atoms with Crippen molar-refractivity contribution in [3.05, 3.63) is 99.5 Å². The van der Waals surface area contributed by atoms with E-state index in [0.717, 1.165) is 21.5 Å². The summed E-state index contributed by atoms with van der Waals surface area (Å²) in [5.74, 6) is -1.96. The molecule has 0 unspecified atom stereocenters. The lowest BCUT2D eigenvalue weighted by Crippen LogP contribution is -2.29. The molecule has 1 aliphatic rings. The maximum absolute atomic E-state index is 13.3. The maximum Gasteiger partial charge on any atom is 0.416 e. The molecule has 0 aromatic heterocycles. The van der Waals surface area contributed by atoms with Crippen LogP contribution < -0.4 is 9.64 Å². The molecule has 9 heteroatoms. The highest BCUT2D eigenvalue weighted by Gasteiger charge is 2.47. The second-order valence-electron chi connectivity index (χ2n) is 7.50. The van der Waals surface area contributed by atoms with Crippen LogP contribution in [-0.4, -0.2) is 23.9 Å². The summed E-state index contributed by atoms with van der Waals surface area (Å²) in [6.07, 6.45) is -4.64. The molecule has 1 saturated heterocycles. The quantitative estimate of drug-likeness (QED) is 0.251. The van der Waals surface area contributed by atoms with Crippen molar-refractivity contribution in [3.8, 4) is 5.75 Å². The number of hydrogen-bond acceptors (Lipinski definition) is 4. The van der Waals surface area contributed by atoms with Crippen molar-refractivity contribution in [1.82, 2.24) is 0 Å². The summed E-state index contributed by atoms with van der Waals surface area (Å²) in [5.41, 5.74) is -0.607. The summed E-state index contributed by atoms with van der Waals surface area (Å²) in [7, 11) is 1.48. The number of carbonyl (C=O) groups excluding carboxylic acids is 2. The van der Waals surface area contributed by atoms with E-state index >= 15 is 0 Å². The van der Waals surface area contributed by atoms with Crippen LogP contribution in [0.4, 0.5) is 18.9 Å². The molecule has 1 N–H and O–H groups in total. The number of ether oxygens (including phenoxy) is 1. The van der Waals surface area contributed by atoms with Crippen LogP contribution >= 0.6 is 15.9 Å². The van der Waals surface area contributed by atoms with Gasteiger partial charge in [-0.1, -0.05) is 34.1 Å². The molecule has 1 atom stereocenters. The standard InChI is InChI=1S/C25H17BrF3NO4/c1-34-19-11-7-15(8-12-19)22(31)20-21(14-5-9-17(26)10-6-14)30(24(33)23(20)32)18-4-2-3-16(13-18)25(27,28)29/h2-13,21,31H,1H3/b22-20+/t21-/m0/s1. The first-order chi connectivity index (χ1) is 16.1. The van der Waals surface area contributed by atoms with Gasteiger partial charge in [-0.25, -0.2) is 0 Å². The minimum absolute atomic E-state index is 0.112. The molecule has 3 aromatic carbocycles. The number of nitrogens with zero attached hydrogens (tertiary/aromatic N) is 1. The molecule has 0 spiro atoms. The third-order valence-corrected chi connectivity index (χ3v) is 5.97. The number of Topliss-reactive ketones (excluding diaryl/α,β-unsaturated/α-hetero) is 1. The van der Waals surface area contributed by atoms with Crippen LogP contribution in [0.25, 0.3) is 5.76 Å². The summed E-state index contributed by atoms with van der Waals surface area (Å²) in [6.45, 7) is 0. The van der Waals surface area contributed by atoms with Crippen molar-refractivity contribution in [1.29, 1.82) is 0 Å². The number of halogens is 4.